The number of nitrogens with zero attached hydrogens (tertiary/aromatic N) is 1. The molecule has 0 aliphatic carbocycles. The molecule has 2 aromatic carbocycles. The van der Waals surface area contributed by atoms with E-state index in [1.54, 1.807) is 5.79 Å². The molecular weight excluding hydrogens is 832 g/mol. The molecule has 0 atom stereocenters. The van der Waals surface area contributed by atoms with Gasteiger partial charge in [-0.1, -0.05) is 52.4 Å². The molecule has 3 heterocycles. The van der Waals surface area contributed by atoms with Crippen molar-refractivity contribution >= 4 is 87.0 Å². The zero-order valence-electron chi connectivity index (χ0n) is 31.5. The molecule has 5 aromatic rings. The number of rotatable bonds is 19. The Morgan fingerprint density at radius 2 is 0.896 bits per heavy atom. The van der Waals surface area contributed by atoms with Crippen LogP contribution in [0.2, 0.25) is 29.6 Å². The first-order chi connectivity index (χ1) is 23.0. The Bertz CT molecular complexity index is 1620. The molecular formula is C43H63NS2Sn2. The topological polar surface area (TPSA) is 4.93 Å². The SMILES string of the molecule is CCCCCCCCC(CCCCCCCC)n1c2cc(-c3cc[c]([Sn]([CH3])([CH3])[CH3])s3)ccc2c2ccc(-c3cc[c]([Sn]([CH3])([CH3])[CH3])s3)cc21. The Balaban J connectivity index is 1.59. The van der Waals surface area contributed by atoms with Crippen LogP contribution in [0.3, 0.4) is 0 Å². The predicted octanol–water partition coefficient (Wildman–Crippen LogP) is 14.4. The quantitative estimate of drug-likeness (QED) is 0.0575. The van der Waals surface area contributed by atoms with E-state index in [1.165, 1.54) is 133 Å². The Hall–Kier alpha value is -0.763. The van der Waals surface area contributed by atoms with E-state index in [0.717, 1.165) is 0 Å². The van der Waals surface area contributed by atoms with Crippen LogP contribution in [0.15, 0.2) is 60.7 Å². The Morgan fingerprint density at radius 3 is 1.27 bits per heavy atom. The summed E-state index contributed by atoms with van der Waals surface area (Å²) in [5, 5.41) is 2.86. The number of hydrogen-bond acceptors (Lipinski definition) is 2. The van der Waals surface area contributed by atoms with Gasteiger partial charge in [-0.05, 0) is 0 Å². The third kappa shape index (κ3) is 9.76. The number of thiophene rings is 2. The zero-order valence-corrected chi connectivity index (χ0v) is 38.9. The maximum atomic E-state index is 2.84. The normalized spacial score (nSPS) is 12.7. The van der Waals surface area contributed by atoms with Crippen molar-refractivity contribution in [2.45, 2.75) is 139 Å². The summed E-state index contributed by atoms with van der Waals surface area (Å²) in [7, 11) is 0. The van der Waals surface area contributed by atoms with Gasteiger partial charge in [-0.2, -0.15) is 0 Å². The Kier molecular flexibility index (Phi) is 14.1. The molecule has 0 bridgehead atoms. The molecule has 5 heteroatoms. The third-order valence-corrected chi connectivity index (χ3v) is 31.5. The van der Waals surface area contributed by atoms with Crippen LogP contribution in [0.5, 0.6) is 0 Å². The average Bonchev–Trinajstić information content (AvgIpc) is 3.81. The summed E-state index contributed by atoms with van der Waals surface area (Å²) in [5.41, 5.74) is 5.70. The van der Waals surface area contributed by atoms with E-state index in [4.69, 9.17) is 0 Å². The van der Waals surface area contributed by atoms with Crippen LogP contribution in [-0.4, -0.2) is 41.3 Å². The number of aromatic nitrogens is 1. The van der Waals surface area contributed by atoms with Crippen molar-refractivity contribution in [3.05, 3.63) is 60.7 Å². The molecule has 48 heavy (non-hydrogen) atoms. The van der Waals surface area contributed by atoms with Crippen LogP contribution in [0.25, 0.3) is 42.7 Å². The molecule has 5 rings (SSSR count). The van der Waals surface area contributed by atoms with Gasteiger partial charge in [0.1, 0.15) is 0 Å². The van der Waals surface area contributed by atoms with Gasteiger partial charge in [-0.25, -0.2) is 0 Å². The third-order valence-electron chi connectivity index (χ3n) is 10.2. The molecule has 1 nitrogen and oxygen atoms in total. The summed E-state index contributed by atoms with van der Waals surface area (Å²) in [6, 6.07) is 25.1. The van der Waals surface area contributed by atoms with Gasteiger partial charge < -0.3 is 0 Å². The summed E-state index contributed by atoms with van der Waals surface area (Å²) < 4.78 is 6.18. The molecule has 0 aliphatic heterocycles. The van der Waals surface area contributed by atoms with Gasteiger partial charge in [0.05, 0.1) is 0 Å². The van der Waals surface area contributed by atoms with Crippen LogP contribution >= 0.6 is 22.7 Å². The van der Waals surface area contributed by atoms with Crippen molar-refractivity contribution in [2.24, 2.45) is 0 Å². The first-order valence-electron chi connectivity index (χ1n) is 19.3. The van der Waals surface area contributed by atoms with Crippen LogP contribution in [-0.2, 0) is 0 Å². The van der Waals surface area contributed by atoms with Crippen molar-refractivity contribution in [1.29, 1.82) is 0 Å². The second-order valence-electron chi connectivity index (χ2n) is 16.4. The molecule has 0 aliphatic rings. The number of unbranched alkanes of at least 4 members (excludes halogenated alkanes) is 10. The Morgan fingerprint density at radius 1 is 0.500 bits per heavy atom. The van der Waals surface area contributed by atoms with E-state index < -0.39 is 36.8 Å². The average molecular weight is 896 g/mol. The van der Waals surface area contributed by atoms with Crippen molar-refractivity contribution in [3.63, 3.8) is 0 Å². The predicted molar refractivity (Wildman–Crippen MR) is 227 cm³/mol. The summed E-state index contributed by atoms with van der Waals surface area (Å²) in [4.78, 5) is 18.1. The van der Waals surface area contributed by atoms with E-state index in [9.17, 15) is 0 Å². The fourth-order valence-electron chi connectivity index (χ4n) is 7.26. The Labute approximate surface area is 309 Å². The summed E-state index contributed by atoms with van der Waals surface area (Å²) in [6.45, 7) is 4.65. The minimum absolute atomic E-state index is 0.544. The number of benzene rings is 2. The standard InChI is InChI=1S/C37H45NS2.6CH3.2Sn/c1-3-5-7-9-11-13-17-31(18-14-12-10-8-6-4-2)38-34-27-29(36-19-15-25-39-36)21-23-32(34)33-24-22-30(28-35(33)38)37-20-16-26-40-37;;;;;;;;/h15-16,19-24,27-28,31H,3-14,17-18H2,1-2H3;6*1H3;;. The summed E-state index contributed by atoms with van der Waals surface area (Å²) >= 11 is -0.105. The fraction of sp³-hybridized carbons (Fsp3) is 0.535. The van der Waals surface area contributed by atoms with Gasteiger partial charge in [0.2, 0.25) is 0 Å². The van der Waals surface area contributed by atoms with E-state index in [-0.39, 0.29) is 0 Å². The van der Waals surface area contributed by atoms with Crippen molar-refractivity contribution in [3.8, 4) is 20.9 Å². The van der Waals surface area contributed by atoms with Crippen LogP contribution in [0.1, 0.15) is 110 Å². The summed E-state index contributed by atoms with van der Waals surface area (Å²) in [5.74, 6) is 0. The van der Waals surface area contributed by atoms with E-state index in [0.29, 0.717) is 6.04 Å². The molecule has 0 spiro atoms. The first-order valence-corrected chi connectivity index (χ1v) is 40.9. The first kappa shape index (κ1) is 38.5. The van der Waals surface area contributed by atoms with Gasteiger partial charge in [0.25, 0.3) is 0 Å². The molecule has 0 N–H and O–H groups in total. The van der Waals surface area contributed by atoms with Crippen molar-refractivity contribution in [1.82, 2.24) is 4.57 Å². The summed E-state index contributed by atoms with van der Waals surface area (Å²) in [6.07, 6.45) is 19.0. The van der Waals surface area contributed by atoms with E-state index >= 15 is 0 Å². The molecule has 260 valence electrons. The molecule has 0 fully saturated rings. The maximum absolute atomic E-state index is 2.84. The van der Waals surface area contributed by atoms with Gasteiger partial charge in [0.15, 0.2) is 0 Å². The molecule has 0 unspecified atom stereocenters. The van der Waals surface area contributed by atoms with Gasteiger partial charge in [0, 0.05) is 0 Å². The molecule has 0 saturated heterocycles. The van der Waals surface area contributed by atoms with Crippen LogP contribution < -0.4 is 5.79 Å². The number of fused-ring (bicyclic) bond motifs is 3. The zero-order chi connectivity index (χ0) is 34.3. The second-order valence-corrected chi connectivity index (χ2v) is 49.4. The van der Waals surface area contributed by atoms with Crippen LogP contribution in [0.4, 0.5) is 0 Å². The van der Waals surface area contributed by atoms with Gasteiger partial charge in [-0.3, -0.25) is 0 Å². The number of hydrogen-bond donors (Lipinski definition) is 0. The van der Waals surface area contributed by atoms with Crippen LogP contribution in [0, 0.1) is 0 Å². The molecule has 0 saturated carbocycles. The van der Waals surface area contributed by atoms with E-state index in [2.05, 4.69) is 131 Å². The fourth-order valence-corrected chi connectivity index (χ4v) is 19.8. The van der Waals surface area contributed by atoms with E-state index in [1.807, 2.05) is 0 Å². The van der Waals surface area contributed by atoms with Crippen molar-refractivity contribution in [2.75, 3.05) is 0 Å². The minimum atomic E-state index is -2.12. The monoisotopic (exact) mass is 897 g/mol. The second kappa shape index (κ2) is 17.6. The van der Waals surface area contributed by atoms with Crippen molar-refractivity contribution < 1.29 is 0 Å². The van der Waals surface area contributed by atoms with Gasteiger partial charge in [-0.15, -0.1) is 0 Å². The molecule has 0 amide bonds. The van der Waals surface area contributed by atoms with Gasteiger partial charge >= 0.3 is 260 Å². The molecule has 0 radical (unpaired) electrons. The molecule has 3 aromatic heterocycles.